The number of rotatable bonds is 4. The predicted molar refractivity (Wildman–Crippen MR) is 124 cm³/mol. The zero-order valence-corrected chi connectivity index (χ0v) is 19.2. The van der Waals surface area contributed by atoms with E-state index >= 15 is 0 Å². The molecule has 0 aliphatic carbocycles. The first-order chi connectivity index (χ1) is 14.6. The van der Waals surface area contributed by atoms with Crippen LogP contribution in [0, 0.1) is 0 Å². The van der Waals surface area contributed by atoms with E-state index in [-0.39, 0.29) is 5.91 Å². The van der Waals surface area contributed by atoms with Gasteiger partial charge in [-0.25, -0.2) is 4.98 Å². The summed E-state index contributed by atoms with van der Waals surface area (Å²) in [4.78, 5) is 22.9. The van der Waals surface area contributed by atoms with Crippen molar-refractivity contribution in [2.75, 3.05) is 18.5 Å². The molecule has 1 aliphatic heterocycles. The Morgan fingerprint density at radius 3 is 2.57 bits per heavy atom. The lowest BCUT2D eigenvalue weighted by atomic mass is 9.96. The van der Waals surface area contributed by atoms with Crippen LogP contribution in [0.25, 0.3) is 11.4 Å². The summed E-state index contributed by atoms with van der Waals surface area (Å²) in [5.74, 6) is 0.0669. The van der Waals surface area contributed by atoms with Gasteiger partial charge in [0.05, 0.1) is 15.7 Å². The monoisotopic (exact) mass is 463 g/mol. The van der Waals surface area contributed by atoms with E-state index < -0.39 is 0 Å². The topological polar surface area (TPSA) is 64.1 Å². The van der Waals surface area contributed by atoms with Crippen LogP contribution < -0.4 is 5.32 Å². The first-order valence-corrected chi connectivity index (χ1v) is 11.5. The van der Waals surface area contributed by atoms with Gasteiger partial charge in [-0.1, -0.05) is 43.1 Å². The molecule has 0 bridgehead atoms. The van der Waals surface area contributed by atoms with Gasteiger partial charge in [-0.3, -0.25) is 15.1 Å². The molecule has 0 saturated carbocycles. The average molecular weight is 464 g/mol. The Balaban J connectivity index is 0.00000124. The molecule has 5 nitrogen and oxygen atoms in total. The first-order valence-electron chi connectivity index (χ1n) is 9.88. The van der Waals surface area contributed by atoms with Crippen LogP contribution in [0.15, 0.2) is 42.6 Å². The summed E-state index contributed by atoms with van der Waals surface area (Å²) in [5, 5.41) is 4.17. The molecule has 3 heterocycles. The van der Waals surface area contributed by atoms with Gasteiger partial charge >= 0.3 is 0 Å². The van der Waals surface area contributed by atoms with E-state index in [2.05, 4.69) is 15.3 Å². The number of ether oxygens (including phenoxy) is 1. The van der Waals surface area contributed by atoms with Crippen molar-refractivity contribution in [1.29, 1.82) is 0 Å². The van der Waals surface area contributed by atoms with Crippen molar-refractivity contribution in [3.05, 3.63) is 63.1 Å². The maximum Gasteiger partial charge on any atom is 0.257 e. The van der Waals surface area contributed by atoms with Crippen LogP contribution in [0.2, 0.25) is 10.0 Å². The lowest BCUT2D eigenvalue weighted by Crippen LogP contribution is -2.13. The summed E-state index contributed by atoms with van der Waals surface area (Å²) in [6, 6.07) is 10.5. The zero-order chi connectivity index (χ0) is 21.5. The molecule has 2 aromatic heterocycles. The van der Waals surface area contributed by atoms with E-state index in [1.165, 1.54) is 11.3 Å². The second-order valence-corrected chi connectivity index (χ2v) is 8.26. The van der Waals surface area contributed by atoms with Gasteiger partial charge < -0.3 is 4.74 Å². The van der Waals surface area contributed by atoms with Gasteiger partial charge in [-0.05, 0) is 43.2 Å². The standard InChI is InChI=1S/C20H17Cl2N3O2S.C2H6/c21-14-5-4-13(11-15(14)22)19(26)25-20-24-17(16-3-1-2-8-23-16)18(28-20)12-6-9-27-10-7-12;1-2/h1-5,8,11-12H,6-7,9-10H2,(H,24,25,26);1-2H3. The third-order valence-corrected chi connectivity index (χ3v) is 6.43. The van der Waals surface area contributed by atoms with Crippen molar-refractivity contribution >= 4 is 45.6 Å². The molecule has 1 saturated heterocycles. The van der Waals surface area contributed by atoms with Crippen LogP contribution in [0.5, 0.6) is 0 Å². The minimum Gasteiger partial charge on any atom is -0.381 e. The smallest absolute Gasteiger partial charge is 0.257 e. The summed E-state index contributed by atoms with van der Waals surface area (Å²) in [5.41, 5.74) is 2.05. The van der Waals surface area contributed by atoms with Crippen molar-refractivity contribution in [3.8, 4) is 11.4 Å². The Morgan fingerprint density at radius 1 is 1.13 bits per heavy atom. The van der Waals surface area contributed by atoms with E-state index in [9.17, 15) is 4.79 Å². The number of nitrogens with zero attached hydrogens (tertiary/aromatic N) is 2. The normalized spacial score (nSPS) is 14.0. The van der Waals surface area contributed by atoms with E-state index in [0.29, 0.717) is 26.7 Å². The Bertz CT molecular complexity index is 989. The molecule has 0 spiro atoms. The molecule has 30 heavy (non-hydrogen) atoms. The fraction of sp³-hybridized carbons (Fsp3) is 0.318. The van der Waals surface area contributed by atoms with Crippen LogP contribution in [0.3, 0.4) is 0 Å². The maximum absolute atomic E-state index is 12.6. The minimum absolute atomic E-state index is 0.279. The number of benzene rings is 1. The molecule has 3 aromatic rings. The Morgan fingerprint density at radius 2 is 1.90 bits per heavy atom. The van der Waals surface area contributed by atoms with Gasteiger partial charge in [0.25, 0.3) is 5.91 Å². The van der Waals surface area contributed by atoms with E-state index in [1.807, 2.05) is 32.0 Å². The highest BCUT2D eigenvalue weighted by molar-refractivity contribution is 7.16. The van der Waals surface area contributed by atoms with Crippen LogP contribution in [0.1, 0.15) is 47.8 Å². The molecule has 8 heteroatoms. The van der Waals surface area contributed by atoms with Crippen molar-refractivity contribution in [1.82, 2.24) is 9.97 Å². The Kier molecular flexibility index (Phi) is 8.22. The minimum atomic E-state index is -0.279. The average Bonchev–Trinajstić information content (AvgIpc) is 3.22. The number of carbonyl (C=O) groups is 1. The zero-order valence-electron chi connectivity index (χ0n) is 16.8. The number of halogens is 2. The third-order valence-electron chi connectivity index (χ3n) is 4.56. The molecule has 1 aliphatic rings. The van der Waals surface area contributed by atoms with Crippen molar-refractivity contribution in [3.63, 3.8) is 0 Å². The number of aromatic nitrogens is 2. The summed E-state index contributed by atoms with van der Waals surface area (Å²) in [6.07, 6.45) is 3.61. The Labute approximate surface area is 190 Å². The molecular formula is C22H23Cl2N3O2S. The molecule has 1 fully saturated rings. The summed E-state index contributed by atoms with van der Waals surface area (Å²) >= 11 is 13.5. The van der Waals surface area contributed by atoms with Crippen LogP contribution in [0.4, 0.5) is 5.13 Å². The highest BCUT2D eigenvalue weighted by Gasteiger charge is 2.25. The highest BCUT2D eigenvalue weighted by Crippen LogP contribution is 2.40. The second-order valence-electron chi connectivity index (χ2n) is 6.42. The lowest BCUT2D eigenvalue weighted by Gasteiger charge is -2.21. The first kappa shape index (κ1) is 22.7. The van der Waals surface area contributed by atoms with E-state index in [4.69, 9.17) is 27.9 Å². The van der Waals surface area contributed by atoms with Gasteiger partial charge in [-0.2, -0.15) is 0 Å². The fourth-order valence-corrected chi connectivity index (χ4v) is 4.55. The van der Waals surface area contributed by atoms with Gasteiger partial charge in [0.2, 0.25) is 0 Å². The van der Waals surface area contributed by atoms with Crippen molar-refractivity contribution in [2.24, 2.45) is 0 Å². The molecule has 158 valence electrons. The number of amides is 1. The highest BCUT2D eigenvalue weighted by atomic mass is 35.5. The van der Waals surface area contributed by atoms with E-state index in [1.54, 1.807) is 24.4 Å². The molecule has 1 aromatic carbocycles. The van der Waals surface area contributed by atoms with Crippen molar-refractivity contribution in [2.45, 2.75) is 32.6 Å². The van der Waals surface area contributed by atoms with Crippen LogP contribution in [-0.4, -0.2) is 29.1 Å². The van der Waals surface area contributed by atoms with Crippen LogP contribution in [-0.2, 0) is 4.74 Å². The van der Waals surface area contributed by atoms with E-state index in [0.717, 1.165) is 42.3 Å². The summed E-state index contributed by atoms with van der Waals surface area (Å²) in [6.45, 7) is 5.46. The number of anilines is 1. The molecule has 1 N–H and O–H groups in total. The molecule has 0 unspecified atom stereocenters. The Hall–Kier alpha value is -1.99. The number of nitrogens with one attached hydrogen (secondary N) is 1. The number of hydrogen-bond donors (Lipinski definition) is 1. The number of carbonyl (C=O) groups excluding carboxylic acids is 1. The quantitative estimate of drug-likeness (QED) is 0.468. The molecule has 1 amide bonds. The second kappa shape index (κ2) is 10.9. The SMILES string of the molecule is CC.O=C(Nc1nc(-c2ccccn2)c(C2CCOCC2)s1)c1ccc(Cl)c(Cl)c1. The third kappa shape index (κ3) is 5.38. The predicted octanol–water partition coefficient (Wildman–Crippen LogP) is 6.68. The van der Waals surface area contributed by atoms with Gasteiger partial charge in [-0.15, -0.1) is 11.3 Å². The van der Waals surface area contributed by atoms with Gasteiger partial charge in [0.15, 0.2) is 5.13 Å². The fourth-order valence-electron chi connectivity index (χ4n) is 3.11. The maximum atomic E-state index is 12.6. The van der Waals surface area contributed by atoms with Gasteiger partial charge in [0, 0.05) is 35.8 Å². The lowest BCUT2D eigenvalue weighted by molar-refractivity contribution is 0.0860. The molecule has 0 atom stereocenters. The van der Waals surface area contributed by atoms with Gasteiger partial charge in [0.1, 0.15) is 5.69 Å². The largest absolute Gasteiger partial charge is 0.381 e. The van der Waals surface area contributed by atoms with Crippen molar-refractivity contribution < 1.29 is 9.53 Å². The van der Waals surface area contributed by atoms with Crippen LogP contribution >= 0.6 is 34.5 Å². The summed E-state index contributed by atoms with van der Waals surface area (Å²) < 4.78 is 5.49. The molecule has 0 radical (unpaired) electrons. The molecule has 4 rings (SSSR count). The number of thiazole rings is 1. The molecular weight excluding hydrogens is 441 g/mol. The number of pyridine rings is 1. The summed E-state index contributed by atoms with van der Waals surface area (Å²) in [7, 11) is 0. The number of hydrogen-bond acceptors (Lipinski definition) is 5.